The number of benzene rings is 1. The van der Waals surface area contributed by atoms with Gasteiger partial charge in [-0.3, -0.25) is 4.79 Å². The molecule has 7 nitrogen and oxygen atoms in total. The molecule has 0 bridgehead atoms. The molecule has 1 aliphatic rings. The van der Waals surface area contributed by atoms with Gasteiger partial charge >= 0.3 is 18.0 Å². The van der Waals surface area contributed by atoms with E-state index in [1.807, 2.05) is 0 Å². The molecule has 0 N–H and O–H groups in total. The van der Waals surface area contributed by atoms with E-state index in [0.29, 0.717) is 18.5 Å². The Hall–Kier alpha value is -2.91. The molecule has 1 aliphatic heterocycles. The number of piperidine rings is 1. The number of ether oxygens (including phenoxy) is 1. The van der Waals surface area contributed by atoms with E-state index in [1.165, 1.54) is 36.3 Å². The molecule has 3 rings (SSSR count). The summed E-state index contributed by atoms with van der Waals surface area (Å²) in [4.78, 5) is 29.4. The summed E-state index contributed by atoms with van der Waals surface area (Å²) in [7, 11) is 1.27. The predicted molar refractivity (Wildman–Crippen MR) is 85.4 cm³/mol. The van der Waals surface area contributed by atoms with Crippen molar-refractivity contribution in [1.29, 1.82) is 0 Å². The lowest BCUT2D eigenvalue weighted by molar-refractivity contribution is -0.159. The number of esters is 1. The predicted octanol–water partition coefficient (Wildman–Crippen LogP) is 2.92. The average Bonchev–Trinajstić information content (AvgIpc) is 3.17. The maximum Gasteiger partial charge on any atom is 0.471 e. The van der Waals surface area contributed by atoms with Crippen LogP contribution in [0, 0.1) is 0 Å². The van der Waals surface area contributed by atoms with Crippen LogP contribution in [-0.2, 0) is 15.7 Å². The van der Waals surface area contributed by atoms with Crippen LogP contribution in [0.3, 0.4) is 0 Å². The molecule has 1 unspecified atom stereocenters. The summed E-state index contributed by atoms with van der Waals surface area (Å²) in [6.07, 6.45) is -2.60. The first-order chi connectivity index (χ1) is 12.8. The lowest BCUT2D eigenvalue weighted by atomic mass is 10.0. The highest BCUT2D eigenvalue weighted by Gasteiger charge is 2.38. The molecule has 0 aliphatic carbocycles. The minimum absolute atomic E-state index is 0.230. The normalized spacial score (nSPS) is 17.6. The minimum atomic E-state index is -4.72. The third-order valence-electron chi connectivity index (χ3n) is 4.30. The molecule has 2 heterocycles. The molecular weight excluding hydrogens is 367 g/mol. The fraction of sp³-hybridized carbons (Fsp3) is 0.412. The third kappa shape index (κ3) is 3.93. The monoisotopic (exact) mass is 383 g/mol. The third-order valence-corrected chi connectivity index (χ3v) is 4.30. The van der Waals surface area contributed by atoms with Gasteiger partial charge in [-0.2, -0.15) is 18.2 Å². The quantitative estimate of drug-likeness (QED) is 0.758. The Morgan fingerprint density at radius 3 is 2.52 bits per heavy atom. The second-order valence-electron chi connectivity index (χ2n) is 6.03. The van der Waals surface area contributed by atoms with Crippen molar-refractivity contribution in [1.82, 2.24) is 15.0 Å². The van der Waals surface area contributed by atoms with Crippen LogP contribution in [0.2, 0.25) is 0 Å². The van der Waals surface area contributed by atoms with Gasteiger partial charge in [0, 0.05) is 17.7 Å². The van der Waals surface area contributed by atoms with E-state index in [2.05, 4.69) is 14.7 Å². The van der Waals surface area contributed by atoms with E-state index >= 15 is 0 Å². The standard InChI is InChI=1S/C17H16F3N3O4/c1-26-15(25)12-4-2-3-9-23(12)14(24)11-7-5-10(6-8-11)13-21-16(27-22-13)17(18,19)20/h5-8,12H,2-4,9H2,1H3. The Labute approximate surface area is 152 Å². The number of hydrogen-bond acceptors (Lipinski definition) is 6. The molecule has 0 saturated carbocycles. The highest BCUT2D eigenvalue weighted by Crippen LogP contribution is 2.29. The zero-order chi connectivity index (χ0) is 19.6. The maximum absolute atomic E-state index is 12.7. The topological polar surface area (TPSA) is 85.5 Å². The Morgan fingerprint density at radius 2 is 1.93 bits per heavy atom. The molecule has 1 aromatic carbocycles. The van der Waals surface area contributed by atoms with Crippen molar-refractivity contribution in [2.45, 2.75) is 31.5 Å². The van der Waals surface area contributed by atoms with Crippen molar-refractivity contribution < 1.29 is 32.0 Å². The van der Waals surface area contributed by atoms with Crippen molar-refractivity contribution in [2.75, 3.05) is 13.7 Å². The molecule has 1 amide bonds. The van der Waals surface area contributed by atoms with Crippen molar-refractivity contribution >= 4 is 11.9 Å². The molecule has 27 heavy (non-hydrogen) atoms. The van der Waals surface area contributed by atoms with Crippen LogP contribution >= 0.6 is 0 Å². The van der Waals surface area contributed by atoms with E-state index in [0.717, 1.165) is 12.8 Å². The Balaban J connectivity index is 1.79. The smallest absolute Gasteiger partial charge is 0.467 e. The van der Waals surface area contributed by atoms with E-state index in [-0.39, 0.29) is 17.3 Å². The van der Waals surface area contributed by atoms with Gasteiger partial charge in [-0.25, -0.2) is 4.79 Å². The molecule has 10 heteroatoms. The molecule has 1 saturated heterocycles. The second kappa shape index (κ2) is 7.37. The van der Waals surface area contributed by atoms with Gasteiger partial charge in [0.25, 0.3) is 5.91 Å². The molecular formula is C17H16F3N3O4. The van der Waals surface area contributed by atoms with Gasteiger partial charge in [0.2, 0.25) is 5.82 Å². The molecule has 1 atom stereocenters. The second-order valence-corrected chi connectivity index (χ2v) is 6.03. The van der Waals surface area contributed by atoms with Crippen molar-refractivity contribution in [3.8, 4) is 11.4 Å². The number of aromatic nitrogens is 2. The van der Waals surface area contributed by atoms with Gasteiger partial charge < -0.3 is 14.2 Å². The first-order valence-electron chi connectivity index (χ1n) is 8.21. The van der Waals surface area contributed by atoms with Crippen LogP contribution in [0.15, 0.2) is 28.8 Å². The van der Waals surface area contributed by atoms with Crippen molar-refractivity contribution in [3.63, 3.8) is 0 Å². The number of amides is 1. The van der Waals surface area contributed by atoms with Crippen LogP contribution in [0.5, 0.6) is 0 Å². The molecule has 1 aromatic heterocycles. The minimum Gasteiger partial charge on any atom is -0.467 e. The van der Waals surface area contributed by atoms with Crippen LogP contribution in [0.25, 0.3) is 11.4 Å². The lowest BCUT2D eigenvalue weighted by Crippen LogP contribution is -2.48. The SMILES string of the molecule is COC(=O)C1CCCCN1C(=O)c1ccc(-c2noc(C(F)(F)F)n2)cc1. The van der Waals surface area contributed by atoms with Crippen molar-refractivity contribution in [2.24, 2.45) is 0 Å². The van der Waals surface area contributed by atoms with Crippen molar-refractivity contribution in [3.05, 3.63) is 35.7 Å². The van der Waals surface area contributed by atoms with E-state index in [4.69, 9.17) is 4.74 Å². The van der Waals surface area contributed by atoms with Gasteiger partial charge in [0.05, 0.1) is 7.11 Å². The van der Waals surface area contributed by atoms with Gasteiger partial charge in [0.1, 0.15) is 6.04 Å². The number of nitrogens with zero attached hydrogens (tertiary/aromatic N) is 3. The largest absolute Gasteiger partial charge is 0.471 e. The molecule has 2 aromatic rings. The number of likely N-dealkylation sites (tertiary alicyclic amines) is 1. The summed E-state index contributed by atoms with van der Waals surface area (Å²) in [5.41, 5.74) is 0.572. The number of hydrogen-bond donors (Lipinski definition) is 0. The summed E-state index contributed by atoms with van der Waals surface area (Å²) in [5, 5.41) is 3.30. The van der Waals surface area contributed by atoms with E-state index in [1.54, 1.807) is 0 Å². The fourth-order valence-electron chi connectivity index (χ4n) is 2.94. The molecule has 0 radical (unpaired) electrons. The zero-order valence-electron chi connectivity index (χ0n) is 14.3. The molecule has 144 valence electrons. The van der Waals surface area contributed by atoms with Gasteiger partial charge in [-0.05, 0) is 31.4 Å². The van der Waals surface area contributed by atoms with E-state index in [9.17, 15) is 22.8 Å². The first-order valence-corrected chi connectivity index (χ1v) is 8.21. The lowest BCUT2D eigenvalue weighted by Gasteiger charge is -2.33. The molecule has 0 spiro atoms. The summed E-state index contributed by atoms with van der Waals surface area (Å²) in [6, 6.07) is 5.11. The summed E-state index contributed by atoms with van der Waals surface area (Å²) < 4.78 is 46.6. The zero-order valence-corrected chi connectivity index (χ0v) is 14.3. The highest BCUT2D eigenvalue weighted by atomic mass is 19.4. The first kappa shape index (κ1) is 18.9. The number of carbonyl (C=O) groups is 2. The Kier molecular flexibility index (Phi) is 5.15. The molecule has 1 fully saturated rings. The summed E-state index contributed by atoms with van der Waals surface area (Å²) in [5.74, 6) is -2.48. The number of halogens is 3. The van der Waals surface area contributed by atoms with Crippen LogP contribution in [0.4, 0.5) is 13.2 Å². The van der Waals surface area contributed by atoms with Crippen LogP contribution < -0.4 is 0 Å². The number of methoxy groups -OCH3 is 1. The summed E-state index contributed by atoms with van der Waals surface area (Å²) >= 11 is 0. The van der Waals surface area contributed by atoms with Gasteiger partial charge in [0.15, 0.2) is 0 Å². The number of carbonyl (C=O) groups excluding carboxylic acids is 2. The van der Waals surface area contributed by atoms with Crippen LogP contribution in [-0.4, -0.2) is 46.6 Å². The summed E-state index contributed by atoms with van der Waals surface area (Å²) in [6.45, 7) is 0.431. The average molecular weight is 383 g/mol. The van der Waals surface area contributed by atoms with Crippen LogP contribution in [0.1, 0.15) is 35.5 Å². The van der Waals surface area contributed by atoms with Gasteiger partial charge in [-0.15, -0.1) is 0 Å². The fourth-order valence-corrected chi connectivity index (χ4v) is 2.94. The van der Waals surface area contributed by atoms with Gasteiger partial charge in [-0.1, -0.05) is 17.3 Å². The maximum atomic E-state index is 12.7. The van der Waals surface area contributed by atoms with E-state index < -0.39 is 24.1 Å². The Bertz CT molecular complexity index is 833. The number of rotatable bonds is 3. The Morgan fingerprint density at radius 1 is 1.22 bits per heavy atom. The highest BCUT2D eigenvalue weighted by molar-refractivity contribution is 5.97. The number of alkyl halides is 3.